The Morgan fingerprint density at radius 2 is 2.00 bits per heavy atom. The quantitative estimate of drug-likeness (QED) is 0.502. The van der Waals surface area contributed by atoms with Gasteiger partial charge < -0.3 is 11.5 Å². The molecule has 0 saturated heterocycles. The molecule has 0 heterocycles. The van der Waals surface area contributed by atoms with Gasteiger partial charge in [-0.2, -0.15) is 0 Å². The molecule has 0 fully saturated rings. The van der Waals surface area contributed by atoms with E-state index in [2.05, 4.69) is 20.7 Å². The molecule has 1 aromatic rings. The fourth-order valence-electron chi connectivity index (χ4n) is 1.39. The summed E-state index contributed by atoms with van der Waals surface area (Å²) in [5.74, 6) is -0.384. The Morgan fingerprint density at radius 1 is 1.32 bits per heavy atom. The lowest BCUT2D eigenvalue weighted by Crippen LogP contribution is -2.25. The predicted octanol–water partition coefficient (Wildman–Crippen LogP) is 0.965. The lowest BCUT2D eigenvalue weighted by Gasteiger charge is -2.07. The number of nitrogen functional groups attached to an aromatic ring is 1. The van der Waals surface area contributed by atoms with E-state index >= 15 is 0 Å². The number of nitrogens with two attached hydrogens (primary N) is 2. The van der Waals surface area contributed by atoms with Crippen molar-refractivity contribution >= 4 is 37.5 Å². The van der Waals surface area contributed by atoms with Crippen LogP contribution in [0.3, 0.4) is 0 Å². The van der Waals surface area contributed by atoms with Crippen molar-refractivity contribution in [2.24, 2.45) is 5.73 Å². The zero-order valence-corrected chi connectivity index (χ0v) is 12.6. The summed E-state index contributed by atoms with van der Waals surface area (Å²) in [6.45, 7) is 0.262. The van der Waals surface area contributed by atoms with Gasteiger partial charge in [0.15, 0.2) is 0 Å². The Kier molecular flexibility index (Phi) is 5.77. The highest BCUT2D eigenvalue weighted by atomic mass is 79.9. The van der Waals surface area contributed by atoms with Crippen LogP contribution in [-0.4, -0.2) is 20.9 Å². The fourth-order valence-corrected chi connectivity index (χ4v) is 3.02. The highest BCUT2D eigenvalue weighted by Crippen LogP contribution is 2.22. The van der Waals surface area contributed by atoms with Crippen molar-refractivity contribution in [2.75, 3.05) is 12.3 Å². The van der Waals surface area contributed by atoms with E-state index < -0.39 is 10.0 Å². The molecule has 1 aromatic carbocycles. The summed E-state index contributed by atoms with van der Waals surface area (Å²) < 4.78 is 26.8. The van der Waals surface area contributed by atoms with Crippen molar-refractivity contribution in [3.63, 3.8) is 0 Å². The van der Waals surface area contributed by atoms with E-state index in [1.807, 2.05) is 0 Å². The lowest BCUT2D eigenvalue weighted by molar-refractivity contribution is -0.118. The van der Waals surface area contributed by atoms with E-state index in [1.54, 1.807) is 0 Å². The van der Waals surface area contributed by atoms with Gasteiger partial charge in [-0.25, -0.2) is 13.1 Å². The Bertz CT molecular complexity index is 560. The SMILES string of the molecule is NC(=O)CCCCNS(=O)(=O)c1ccc(N)c(Br)c1. The molecule has 0 aromatic heterocycles. The van der Waals surface area contributed by atoms with E-state index in [0.717, 1.165) is 0 Å². The maximum atomic E-state index is 11.9. The van der Waals surface area contributed by atoms with Crippen LogP contribution >= 0.6 is 15.9 Å². The maximum Gasteiger partial charge on any atom is 0.240 e. The third-order valence-corrected chi connectivity index (χ3v) is 4.57. The number of primary amides is 1. The summed E-state index contributed by atoms with van der Waals surface area (Å²) in [5.41, 5.74) is 11.1. The topological polar surface area (TPSA) is 115 Å². The number of carbonyl (C=O) groups excluding carboxylic acids is 1. The number of carbonyl (C=O) groups is 1. The molecule has 106 valence electrons. The summed E-state index contributed by atoms with van der Waals surface area (Å²) in [6.07, 6.45) is 1.37. The molecule has 5 N–H and O–H groups in total. The first-order chi connectivity index (χ1) is 8.83. The van der Waals surface area contributed by atoms with Gasteiger partial charge in [-0.05, 0) is 47.0 Å². The number of benzene rings is 1. The number of halogens is 1. The van der Waals surface area contributed by atoms with Gasteiger partial charge in [-0.15, -0.1) is 0 Å². The Labute approximate surface area is 120 Å². The van der Waals surface area contributed by atoms with Crippen molar-refractivity contribution in [3.8, 4) is 0 Å². The van der Waals surface area contributed by atoms with Crippen molar-refractivity contribution in [3.05, 3.63) is 22.7 Å². The molecule has 1 amide bonds. The van der Waals surface area contributed by atoms with Crippen LogP contribution in [0.1, 0.15) is 19.3 Å². The normalized spacial score (nSPS) is 11.4. The van der Waals surface area contributed by atoms with Crippen LogP contribution in [0.4, 0.5) is 5.69 Å². The first kappa shape index (κ1) is 15.9. The number of hydrogen-bond acceptors (Lipinski definition) is 4. The zero-order chi connectivity index (χ0) is 14.5. The Morgan fingerprint density at radius 3 is 2.58 bits per heavy atom. The average Bonchev–Trinajstić information content (AvgIpc) is 2.31. The molecule has 0 bridgehead atoms. The van der Waals surface area contributed by atoms with E-state index in [-0.39, 0.29) is 23.8 Å². The van der Waals surface area contributed by atoms with Crippen LogP contribution in [0.2, 0.25) is 0 Å². The van der Waals surface area contributed by atoms with Gasteiger partial charge in [-0.1, -0.05) is 0 Å². The summed E-state index contributed by atoms with van der Waals surface area (Å²) >= 11 is 3.18. The third kappa shape index (κ3) is 5.17. The third-order valence-electron chi connectivity index (χ3n) is 2.42. The minimum atomic E-state index is -3.55. The molecule has 1 rings (SSSR count). The molecule has 0 radical (unpaired) electrons. The highest BCUT2D eigenvalue weighted by Gasteiger charge is 2.14. The first-order valence-electron chi connectivity index (χ1n) is 5.66. The molecule has 0 aliphatic carbocycles. The van der Waals surface area contributed by atoms with Crippen molar-refractivity contribution < 1.29 is 13.2 Å². The molecule has 0 saturated carbocycles. The van der Waals surface area contributed by atoms with E-state index in [9.17, 15) is 13.2 Å². The van der Waals surface area contributed by atoms with Gasteiger partial charge in [0.2, 0.25) is 15.9 Å². The van der Waals surface area contributed by atoms with Crippen molar-refractivity contribution in [1.82, 2.24) is 4.72 Å². The number of nitrogens with one attached hydrogen (secondary N) is 1. The van der Waals surface area contributed by atoms with Crippen LogP contribution in [0.5, 0.6) is 0 Å². The van der Waals surface area contributed by atoms with Crippen LogP contribution in [-0.2, 0) is 14.8 Å². The molecule has 19 heavy (non-hydrogen) atoms. The molecular formula is C11H16BrN3O3S. The second-order valence-corrected chi connectivity index (χ2v) is 6.63. The number of hydrogen-bond donors (Lipinski definition) is 3. The summed E-state index contributed by atoms with van der Waals surface area (Å²) in [5, 5.41) is 0. The van der Waals surface area contributed by atoms with Gasteiger partial charge in [0.25, 0.3) is 0 Å². The standard InChI is InChI=1S/C11H16BrN3O3S/c12-9-7-8(4-5-10(9)13)19(17,18)15-6-2-1-3-11(14)16/h4-5,7,15H,1-3,6,13H2,(H2,14,16). The first-order valence-corrected chi connectivity index (χ1v) is 7.93. The smallest absolute Gasteiger partial charge is 0.240 e. The minimum Gasteiger partial charge on any atom is -0.398 e. The number of sulfonamides is 1. The lowest BCUT2D eigenvalue weighted by atomic mass is 10.2. The van der Waals surface area contributed by atoms with Gasteiger partial charge in [0.05, 0.1) is 4.90 Å². The van der Waals surface area contributed by atoms with E-state index in [0.29, 0.717) is 23.0 Å². The summed E-state index contributed by atoms with van der Waals surface area (Å²) in [7, 11) is -3.55. The molecule has 0 unspecified atom stereocenters. The van der Waals surface area contributed by atoms with Crippen molar-refractivity contribution in [2.45, 2.75) is 24.2 Å². The van der Waals surface area contributed by atoms with Crippen LogP contribution in [0, 0.1) is 0 Å². The predicted molar refractivity (Wildman–Crippen MR) is 76.8 cm³/mol. The Hall–Kier alpha value is -1.12. The van der Waals surface area contributed by atoms with E-state index in [4.69, 9.17) is 11.5 Å². The van der Waals surface area contributed by atoms with Gasteiger partial charge in [0, 0.05) is 23.1 Å². The number of rotatable bonds is 7. The van der Waals surface area contributed by atoms with Crippen molar-refractivity contribution in [1.29, 1.82) is 0 Å². The molecule has 8 heteroatoms. The van der Waals surface area contributed by atoms with Gasteiger partial charge in [-0.3, -0.25) is 4.79 Å². The molecular weight excluding hydrogens is 334 g/mol. The largest absolute Gasteiger partial charge is 0.398 e. The summed E-state index contributed by atoms with van der Waals surface area (Å²) in [6, 6.07) is 4.40. The maximum absolute atomic E-state index is 11.9. The second-order valence-electron chi connectivity index (χ2n) is 4.00. The molecule has 0 aliphatic rings. The summed E-state index contributed by atoms with van der Waals surface area (Å²) in [4.78, 5) is 10.7. The van der Waals surface area contributed by atoms with E-state index in [1.165, 1.54) is 18.2 Å². The Balaban J connectivity index is 2.56. The monoisotopic (exact) mass is 349 g/mol. The zero-order valence-electron chi connectivity index (χ0n) is 10.2. The average molecular weight is 350 g/mol. The fraction of sp³-hybridized carbons (Fsp3) is 0.364. The minimum absolute atomic E-state index is 0.142. The van der Waals surface area contributed by atoms with Gasteiger partial charge in [0.1, 0.15) is 0 Å². The molecule has 0 spiro atoms. The highest BCUT2D eigenvalue weighted by molar-refractivity contribution is 9.10. The molecule has 6 nitrogen and oxygen atoms in total. The second kappa shape index (κ2) is 6.88. The molecule has 0 aliphatic heterocycles. The number of unbranched alkanes of at least 4 members (excludes halogenated alkanes) is 1. The van der Waals surface area contributed by atoms with Crippen LogP contribution in [0.15, 0.2) is 27.6 Å². The van der Waals surface area contributed by atoms with Gasteiger partial charge >= 0.3 is 0 Å². The van der Waals surface area contributed by atoms with Crippen LogP contribution in [0.25, 0.3) is 0 Å². The molecule has 0 atom stereocenters. The number of amides is 1. The van der Waals surface area contributed by atoms with Crippen LogP contribution < -0.4 is 16.2 Å². The number of anilines is 1.